The van der Waals surface area contributed by atoms with E-state index in [1.807, 2.05) is 0 Å². The molecule has 0 aromatic rings. The molecule has 1 saturated carbocycles. The fourth-order valence-corrected chi connectivity index (χ4v) is 1.96. The van der Waals surface area contributed by atoms with Crippen LogP contribution in [-0.2, 0) is 0 Å². The summed E-state index contributed by atoms with van der Waals surface area (Å²) in [6.07, 6.45) is 7.44. The van der Waals surface area contributed by atoms with Gasteiger partial charge in [0, 0.05) is 0 Å². The molecule has 0 aromatic heterocycles. The summed E-state index contributed by atoms with van der Waals surface area (Å²) < 4.78 is 1.04. The topological polar surface area (TPSA) is 0 Å². The van der Waals surface area contributed by atoms with Crippen molar-refractivity contribution in [3.8, 4) is 0 Å². The molecule has 0 aliphatic heterocycles. The van der Waals surface area contributed by atoms with Gasteiger partial charge in [0.2, 0.25) is 0 Å². The van der Waals surface area contributed by atoms with Gasteiger partial charge in [-0.2, -0.15) is 0 Å². The average Bonchev–Trinajstić information content (AvgIpc) is 1.69. The molecule has 1 aliphatic rings. The quantitative estimate of drug-likeness (QED) is 0.381. The second-order valence-electron chi connectivity index (χ2n) is 2.33. The normalized spacial score (nSPS) is 17.8. The summed E-state index contributed by atoms with van der Waals surface area (Å²) in [5.41, 5.74) is 0. The van der Waals surface area contributed by atoms with Crippen LogP contribution in [0, 0.1) is 0 Å². The molecule has 0 amide bonds. The van der Waals surface area contributed by atoms with Gasteiger partial charge in [0.05, 0.1) is 0 Å². The zero-order chi connectivity index (χ0) is 5.11. The van der Waals surface area contributed by atoms with Crippen molar-refractivity contribution >= 4 is 16.5 Å². The van der Waals surface area contributed by atoms with Crippen LogP contribution in [0.5, 0.6) is 0 Å². The van der Waals surface area contributed by atoms with Gasteiger partial charge in [-0.05, 0) is 0 Å². The Balaban J connectivity index is -0.000000163. The Labute approximate surface area is 90.4 Å². The van der Waals surface area contributed by atoms with Crippen molar-refractivity contribution in [3.05, 3.63) is 0 Å². The Bertz CT molecular complexity index is 55.0. The molecule has 1 rings (SSSR count). The maximum absolute atomic E-state index is 2.36. The van der Waals surface area contributed by atoms with Gasteiger partial charge < -0.3 is 37.2 Å². The van der Waals surface area contributed by atoms with Gasteiger partial charge in [0.25, 0.3) is 0 Å². The van der Waals surface area contributed by atoms with Crippen LogP contribution in [0.1, 0.15) is 32.1 Å². The summed E-state index contributed by atoms with van der Waals surface area (Å²) in [5.74, 6) is 0. The van der Waals surface area contributed by atoms with Crippen LogP contribution in [-0.4, -0.2) is 16.5 Å². The third-order valence-corrected chi connectivity index (χ3v) is 2.82. The number of hydrogen-bond donors (Lipinski definition) is 0. The molecule has 0 heterocycles. The van der Waals surface area contributed by atoms with Gasteiger partial charge in [0.15, 0.2) is 0 Å². The van der Waals surface area contributed by atoms with E-state index in [1.54, 1.807) is 0 Å². The maximum atomic E-state index is 2.36. The molecular weight excluding hydrogens is 251 g/mol. The molecule has 10 heavy (non-hydrogen) atoms. The molecular formula is C6H11Cl3Ge. The van der Waals surface area contributed by atoms with Gasteiger partial charge in [-0.3, -0.25) is 0 Å². The molecule has 4 heteroatoms. The van der Waals surface area contributed by atoms with Gasteiger partial charge in [-0.15, -0.1) is 0 Å². The van der Waals surface area contributed by atoms with Gasteiger partial charge >= 0.3 is 53.4 Å². The van der Waals surface area contributed by atoms with Crippen molar-refractivity contribution in [2.24, 2.45) is 0 Å². The van der Waals surface area contributed by atoms with Crippen LogP contribution < -0.4 is 37.2 Å². The molecule has 0 unspecified atom stereocenters. The van der Waals surface area contributed by atoms with Crippen LogP contribution >= 0.6 is 0 Å². The van der Waals surface area contributed by atoms with Crippen LogP contribution in [0.4, 0.5) is 0 Å². The average molecular weight is 262 g/mol. The molecule has 0 aromatic carbocycles. The molecule has 0 spiro atoms. The minimum absolute atomic E-state index is 0. The van der Waals surface area contributed by atoms with Crippen molar-refractivity contribution < 1.29 is 37.2 Å². The first-order valence-corrected chi connectivity index (χ1v) is 4.32. The third kappa shape index (κ3) is 7.52. The van der Waals surface area contributed by atoms with E-state index < -0.39 is 0 Å². The van der Waals surface area contributed by atoms with E-state index in [0.29, 0.717) is 0 Å². The summed E-state index contributed by atoms with van der Waals surface area (Å²) in [4.78, 5) is 0. The van der Waals surface area contributed by atoms with Crippen molar-refractivity contribution in [3.63, 3.8) is 0 Å². The van der Waals surface area contributed by atoms with Gasteiger partial charge in [-0.25, -0.2) is 0 Å². The molecule has 0 radical (unpaired) electrons. The molecule has 60 valence electrons. The number of halogens is 3. The van der Waals surface area contributed by atoms with E-state index in [-0.39, 0.29) is 37.2 Å². The summed E-state index contributed by atoms with van der Waals surface area (Å²) in [6.45, 7) is 0. The molecule has 0 atom stereocenters. The minimum atomic E-state index is 0. The zero-order valence-electron chi connectivity index (χ0n) is 5.75. The molecule has 0 saturated heterocycles. The van der Waals surface area contributed by atoms with E-state index in [1.165, 1.54) is 32.1 Å². The summed E-state index contributed by atoms with van der Waals surface area (Å²) in [5, 5.41) is 0. The van der Waals surface area contributed by atoms with Crippen molar-refractivity contribution in [1.29, 1.82) is 0 Å². The van der Waals surface area contributed by atoms with Crippen LogP contribution in [0.3, 0.4) is 0 Å². The zero-order valence-corrected chi connectivity index (χ0v) is 10.1. The molecule has 0 bridgehead atoms. The molecule has 0 N–H and O–H groups in total. The molecule has 1 aliphatic carbocycles. The van der Waals surface area contributed by atoms with E-state index in [9.17, 15) is 0 Å². The summed E-state index contributed by atoms with van der Waals surface area (Å²) in [6, 6.07) is 0. The fourth-order valence-electron chi connectivity index (χ4n) is 1.10. The van der Waals surface area contributed by atoms with E-state index in [4.69, 9.17) is 0 Å². The Morgan fingerprint density at radius 2 is 1.20 bits per heavy atom. The van der Waals surface area contributed by atoms with Gasteiger partial charge in [0.1, 0.15) is 0 Å². The van der Waals surface area contributed by atoms with Crippen molar-refractivity contribution in [2.45, 2.75) is 36.9 Å². The van der Waals surface area contributed by atoms with Crippen LogP contribution in [0.15, 0.2) is 0 Å². The standard InChI is InChI=1S/C6H11Ge.3ClH/c7-6-4-2-1-3-5-6;;;/h6H,1-5H2;3*1H/q+3;;;/p-3. The Morgan fingerprint density at radius 1 is 0.800 bits per heavy atom. The van der Waals surface area contributed by atoms with E-state index >= 15 is 0 Å². The summed E-state index contributed by atoms with van der Waals surface area (Å²) in [7, 11) is 0. The first-order chi connectivity index (χ1) is 3.39. The predicted octanol–water partition coefficient (Wildman–Crippen LogP) is -7.08. The Hall–Kier alpha value is 1.41. The summed E-state index contributed by atoms with van der Waals surface area (Å²) >= 11 is 2.36. The Morgan fingerprint density at radius 3 is 1.40 bits per heavy atom. The van der Waals surface area contributed by atoms with E-state index in [0.717, 1.165) is 4.75 Å². The van der Waals surface area contributed by atoms with Crippen LogP contribution in [0.25, 0.3) is 0 Å². The van der Waals surface area contributed by atoms with E-state index in [2.05, 4.69) is 16.5 Å². The fraction of sp³-hybridized carbons (Fsp3) is 1.00. The Kier molecular flexibility index (Phi) is 18.2. The van der Waals surface area contributed by atoms with Crippen molar-refractivity contribution in [1.82, 2.24) is 0 Å². The van der Waals surface area contributed by atoms with Gasteiger partial charge in [-0.1, -0.05) is 0 Å². The molecule has 0 nitrogen and oxygen atoms in total. The molecule has 1 fully saturated rings. The SMILES string of the molecule is [Cl-].[Cl-].[Cl-].[Ge+3][CH]1CCCCC1. The first-order valence-electron chi connectivity index (χ1n) is 3.11. The first kappa shape index (κ1) is 17.5. The third-order valence-electron chi connectivity index (χ3n) is 1.61. The van der Waals surface area contributed by atoms with Crippen molar-refractivity contribution in [2.75, 3.05) is 0 Å². The predicted molar refractivity (Wildman–Crippen MR) is 32.6 cm³/mol. The monoisotopic (exact) mass is 262 g/mol. The second kappa shape index (κ2) is 10.4. The number of hydrogen-bond acceptors (Lipinski definition) is 0. The number of rotatable bonds is 0. The second-order valence-corrected chi connectivity index (χ2v) is 4.05. The van der Waals surface area contributed by atoms with Crippen LogP contribution in [0.2, 0.25) is 4.75 Å².